The maximum atomic E-state index is 14.7. The molecule has 0 saturated carbocycles. The molecule has 404 valence electrons. The van der Waals surface area contributed by atoms with Crippen molar-refractivity contribution in [3.63, 3.8) is 0 Å². The molecule has 77 heavy (non-hydrogen) atoms. The van der Waals surface area contributed by atoms with Crippen molar-refractivity contribution < 1.29 is 47.6 Å². The number of ether oxygens (including phenoxy) is 6. The highest BCUT2D eigenvalue weighted by molar-refractivity contribution is 7.80. The predicted molar refractivity (Wildman–Crippen MR) is 302 cm³/mol. The van der Waals surface area contributed by atoms with Crippen LogP contribution in [0.2, 0.25) is 0 Å². The summed E-state index contributed by atoms with van der Waals surface area (Å²) in [6, 6.07) is 27.8. The summed E-state index contributed by atoms with van der Waals surface area (Å²) in [5.41, 5.74) is 6.54. The Bertz CT molecular complexity index is 2940. The number of nitrogens with zero attached hydrogens (tertiary/aromatic N) is 5. The van der Waals surface area contributed by atoms with Gasteiger partial charge in [0, 0.05) is 93.3 Å². The molecule has 0 bridgehead atoms. The Balaban J connectivity index is 1.02. The molecular formula is C60H68N6O10S. The highest BCUT2D eigenvalue weighted by Gasteiger charge is 2.38. The molecule has 9 rings (SSSR count). The highest BCUT2D eigenvalue weighted by Crippen LogP contribution is 2.43. The van der Waals surface area contributed by atoms with Crippen LogP contribution in [0.4, 0.5) is 28.4 Å². The van der Waals surface area contributed by atoms with Crippen molar-refractivity contribution in [1.29, 1.82) is 0 Å². The summed E-state index contributed by atoms with van der Waals surface area (Å²) >= 11 is 4.24. The fraction of sp³-hybridized carbons (Fsp3) is 0.400. The summed E-state index contributed by atoms with van der Waals surface area (Å²) in [5.74, 6) is 1.29. The van der Waals surface area contributed by atoms with E-state index in [1.54, 1.807) is 46.1 Å². The van der Waals surface area contributed by atoms with E-state index in [1.807, 2.05) is 107 Å². The van der Waals surface area contributed by atoms with Crippen LogP contribution in [0, 0.1) is 0 Å². The van der Waals surface area contributed by atoms with Gasteiger partial charge >= 0.3 is 0 Å². The molecule has 17 heteroatoms. The van der Waals surface area contributed by atoms with Crippen LogP contribution in [0.5, 0.6) is 23.0 Å². The number of para-hydroxylation sites is 2. The minimum atomic E-state index is -0.628. The molecule has 0 spiro atoms. The van der Waals surface area contributed by atoms with Gasteiger partial charge in [0.2, 0.25) is 11.8 Å². The number of fused-ring (bicyclic) bond motifs is 8. The zero-order valence-corrected chi connectivity index (χ0v) is 45.8. The number of amides is 4. The number of methoxy groups -OCH3 is 3. The Hall–Kier alpha value is -7.21. The van der Waals surface area contributed by atoms with Gasteiger partial charge in [-0.3, -0.25) is 39.0 Å². The average Bonchev–Trinajstić information content (AvgIpc) is 3.93. The molecular weight excluding hydrogens is 997 g/mol. The normalized spacial score (nSPS) is 16.1. The monoisotopic (exact) mass is 1060 g/mol. The summed E-state index contributed by atoms with van der Waals surface area (Å²) in [6.07, 6.45) is 6.78. The molecule has 4 amide bonds. The van der Waals surface area contributed by atoms with Crippen molar-refractivity contribution in [3.8, 4) is 23.0 Å². The van der Waals surface area contributed by atoms with Gasteiger partial charge in [0.05, 0.1) is 66.6 Å². The van der Waals surface area contributed by atoms with Crippen LogP contribution in [0.15, 0.2) is 101 Å². The summed E-state index contributed by atoms with van der Waals surface area (Å²) in [5, 5.41) is 2.88. The molecule has 0 unspecified atom stereocenters. The molecule has 0 fully saturated rings. The van der Waals surface area contributed by atoms with Gasteiger partial charge in [0.15, 0.2) is 23.0 Å². The fourth-order valence-corrected chi connectivity index (χ4v) is 10.2. The van der Waals surface area contributed by atoms with Crippen LogP contribution in [0.3, 0.4) is 0 Å². The van der Waals surface area contributed by atoms with Gasteiger partial charge in [-0.2, -0.15) is 12.6 Å². The number of carbonyl (C=O) groups excluding carboxylic acids is 4. The van der Waals surface area contributed by atoms with E-state index in [9.17, 15) is 19.2 Å². The second-order valence-corrected chi connectivity index (χ2v) is 21.3. The first kappa shape index (κ1) is 54.6. The predicted octanol–water partition coefficient (Wildman–Crippen LogP) is 9.99. The number of carbonyl (C=O) groups is 4. The third-order valence-electron chi connectivity index (χ3n) is 14.6. The van der Waals surface area contributed by atoms with Crippen LogP contribution < -0.4 is 39.0 Å². The Labute approximate surface area is 456 Å². The maximum Gasteiger partial charge on any atom is 0.261 e. The lowest BCUT2D eigenvalue weighted by Crippen LogP contribution is -2.37. The van der Waals surface area contributed by atoms with E-state index in [4.69, 9.17) is 38.4 Å². The molecule has 0 radical (unpaired) electrons. The molecule has 0 aliphatic carbocycles. The summed E-state index contributed by atoms with van der Waals surface area (Å²) in [6.45, 7) is 9.12. The van der Waals surface area contributed by atoms with Gasteiger partial charge < -0.3 is 38.6 Å². The SMILES string of the molecule is COc1cc2c(cc1OCc1cc(COc3cc4c(cc3OC)C(=O)N3c5ccccc5C[C@H]3C=N4)cc(N(CCCC(=O)NCCS)C(=O)CCC(C)(C)OCCC(C)(C)OC)c1)N=C[C@@H]1Cc3ccccc3N1C2=O. The van der Waals surface area contributed by atoms with Gasteiger partial charge in [-0.15, -0.1) is 0 Å². The molecule has 2 atom stereocenters. The molecule has 4 heterocycles. The molecule has 0 saturated heterocycles. The van der Waals surface area contributed by atoms with Crippen LogP contribution >= 0.6 is 12.6 Å². The van der Waals surface area contributed by atoms with E-state index in [2.05, 4.69) is 17.9 Å². The molecule has 5 aromatic rings. The third-order valence-corrected chi connectivity index (χ3v) is 14.8. The van der Waals surface area contributed by atoms with E-state index in [0.29, 0.717) is 113 Å². The van der Waals surface area contributed by atoms with Crippen molar-refractivity contribution in [2.24, 2.45) is 9.98 Å². The number of rotatable bonds is 23. The zero-order valence-electron chi connectivity index (χ0n) is 44.9. The summed E-state index contributed by atoms with van der Waals surface area (Å²) in [4.78, 5) is 70.9. The highest BCUT2D eigenvalue weighted by atomic mass is 32.1. The largest absolute Gasteiger partial charge is 0.493 e. The summed E-state index contributed by atoms with van der Waals surface area (Å²) in [7, 11) is 4.73. The van der Waals surface area contributed by atoms with E-state index < -0.39 is 5.60 Å². The molecule has 4 aliphatic heterocycles. The third kappa shape index (κ3) is 12.3. The number of hydrogen-bond acceptors (Lipinski definition) is 13. The van der Waals surface area contributed by atoms with E-state index in [-0.39, 0.29) is 73.9 Å². The molecule has 4 aliphatic rings. The number of anilines is 3. The van der Waals surface area contributed by atoms with Gasteiger partial charge in [0.25, 0.3) is 11.8 Å². The fourth-order valence-electron chi connectivity index (χ4n) is 10.1. The Morgan fingerprint density at radius 2 is 1.22 bits per heavy atom. The first-order valence-corrected chi connectivity index (χ1v) is 26.8. The molecule has 0 aromatic heterocycles. The number of hydrogen-bond donors (Lipinski definition) is 2. The first-order chi connectivity index (χ1) is 37.1. The van der Waals surface area contributed by atoms with Gasteiger partial charge in [-0.25, -0.2) is 0 Å². The smallest absolute Gasteiger partial charge is 0.261 e. The van der Waals surface area contributed by atoms with Crippen molar-refractivity contribution in [2.75, 3.05) is 61.5 Å². The number of nitrogens with one attached hydrogen (secondary N) is 1. The standard InChI is InChI=1S/C60H68N6O10S/c1-59(2,73-7)20-23-76-60(3,4)19-18-56(68)64(22-12-17-55(67)61-21-24-77)42-26-38(36-74-53-32-47-45(30-51(53)71-5)57(69)65-43(34-62-47)28-40-13-8-10-15-49(40)65)25-39(27-42)37-75-54-33-48-46(31-52(54)72-6)58(70)66-44(35-63-48)29-41-14-9-11-16-50(41)66/h8-11,13-16,25-27,30-35,43-44,77H,12,17-24,28-29,36-37H2,1-7H3,(H,61,67)/t43-,44-/m0/s1. The lowest BCUT2D eigenvalue weighted by molar-refractivity contribution is -0.122. The minimum Gasteiger partial charge on any atom is -0.493 e. The zero-order chi connectivity index (χ0) is 54.4. The molecule has 1 N–H and O–H groups in total. The quantitative estimate of drug-likeness (QED) is 0.0601. The number of benzene rings is 5. The molecule has 16 nitrogen and oxygen atoms in total. The minimum absolute atomic E-state index is 0.0163. The van der Waals surface area contributed by atoms with Crippen LogP contribution in [-0.4, -0.2) is 106 Å². The van der Waals surface area contributed by atoms with Gasteiger partial charge in [-0.05, 0) is 112 Å². The number of aliphatic imine (C=N–C) groups is 2. The van der Waals surface area contributed by atoms with Crippen LogP contribution in [0.1, 0.15) is 103 Å². The summed E-state index contributed by atoms with van der Waals surface area (Å²) < 4.78 is 36.8. The van der Waals surface area contributed by atoms with Gasteiger partial charge in [0.1, 0.15) is 13.2 Å². The Kier molecular flexibility index (Phi) is 16.7. The lowest BCUT2D eigenvalue weighted by atomic mass is 10.0. The van der Waals surface area contributed by atoms with Crippen molar-refractivity contribution in [1.82, 2.24) is 5.32 Å². The van der Waals surface area contributed by atoms with Crippen molar-refractivity contribution >= 4 is 77.1 Å². The van der Waals surface area contributed by atoms with Crippen molar-refractivity contribution in [2.45, 2.75) is 109 Å². The average molecular weight is 1070 g/mol. The van der Waals surface area contributed by atoms with E-state index >= 15 is 0 Å². The molecule has 5 aromatic carbocycles. The maximum absolute atomic E-state index is 14.7. The Morgan fingerprint density at radius 1 is 0.688 bits per heavy atom. The first-order valence-electron chi connectivity index (χ1n) is 26.2. The van der Waals surface area contributed by atoms with Crippen LogP contribution in [-0.2, 0) is 45.1 Å². The van der Waals surface area contributed by atoms with Crippen LogP contribution in [0.25, 0.3) is 0 Å². The van der Waals surface area contributed by atoms with E-state index in [1.165, 1.54) is 14.2 Å². The van der Waals surface area contributed by atoms with E-state index in [0.717, 1.165) is 22.5 Å². The number of thiol groups is 1. The van der Waals surface area contributed by atoms with Gasteiger partial charge in [-0.1, -0.05) is 36.4 Å². The second-order valence-electron chi connectivity index (χ2n) is 20.9. The lowest BCUT2D eigenvalue weighted by Gasteiger charge is -2.30. The second kappa shape index (κ2) is 23.6. The Morgan fingerprint density at radius 3 is 1.73 bits per heavy atom. The van der Waals surface area contributed by atoms with Crippen molar-refractivity contribution in [3.05, 3.63) is 124 Å². The topological polar surface area (TPSA) is 170 Å².